The van der Waals surface area contributed by atoms with Crippen LogP contribution in [0.1, 0.15) is 44.7 Å². The van der Waals surface area contributed by atoms with Gasteiger partial charge in [0.15, 0.2) is 11.5 Å². The van der Waals surface area contributed by atoms with Crippen molar-refractivity contribution in [1.29, 1.82) is 0 Å². The lowest BCUT2D eigenvalue weighted by Crippen LogP contribution is -2.03. The average Bonchev–Trinajstić information content (AvgIpc) is 2.50. The van der Waals surface area contributed by atoms with Crippen LogP contribution in [-0.4, -0.2) is 24.4 Å². The van der Waals surface area contributed by atoms with Crippen LogP contribution in [0.5, 0.6) is 23.0 Å². The van der Waals surface area contributed by atoms with Gasteiger partial charge < -0.3 is 32.5 Å². The monoisotopic (exact) mass is 322 g/mol. The Labute approximate surface area is 140 Å². The molecule has 23 heavy (non-hydrogen) atoms. The first-order valence-electron chi connectivity index (χ1n) is 8.15. The normalized spacial score (nSPS) is 12.5. The Morgan fingerprint density at radius 3 is 2.04 bits per heavy atom. The van der Waals surface area contributed by atoms with Crippen molar-refractivity contribution >= 4 is 0 Å². The van der Waals surface area contributed by atoms with Gasteiger partial charge in [-0.3, -0.25) is 0 Å². The summed E-state index contributed by atoms with van der Waals surface area (Å²) in [6, 6.07) is 0. The number of rotatable bonds is 9. The molecule has 4 nitrogen and oxygen atoms in total. The zero-order chi connectivity index (χ0) is 17.6. The largest absolute Gasteiger partial charge is 0.504 e. The Balaban J connectivity index is 2.83. The van der Waals surface area contributed by atoms with Crippen molar-refractivity contribution in [2.75, 3.05) is 14.2 Å². The van der Waals surface area contributed by atoms with Crippen LogP contribution in [0.4, 0.5) is 0 Å². The standard InChI is InChI=1S/C19H30O4/c1-12(2)8-7-9-13(3)10-11-15-14(4)16(20)18(22-5)19(23-6)17(15)21/h8,10,12-13,20-21H,7,9,11H2,1-6H3/q-2. The molecule has 1 atom stereocenters. The van der Waals surface area contributed by atoms with Crippen LogP contribution in [0.25, 0.3) is 0 Å². The van der Waals surface area contributed by atoms with Crippen LogP contribution >= 0.6 is 0 Å². The zero-order valence-electron chi connectivity index (χ0n) is 15.1. The Hall–Kier alpha value is -1.58. The quantitative estimate of drug-likeness (QED) is 0.521. The first kappa shape index (κ1) is 19.5. The molecule has 0 spiro atoms. The number of methoxy groups -OCH3 is 2. The van der Waals surface area contributed by atoms with E-state index in [-0.39, 0.29) is 23.0 Å². The molecule has 1 unspecified atom stereocenters. The fourth-order valence-corrected chi connectivity index (χ4v) is 2.60. The smallest absolute Gasteiger partial charge is 0.207 e. The third-order valence-electron chi connectivity index (χ3n) is 4.12. The highest BCUT2D eigenvalue weighted by Gasteiger charge is 2.21. The van der Waals surface area contributed by atoms with Gasteiger partial charge in [-0.05, 0) is 18.1 Å². The maximum atomic E-state index is 10.4. The van der Waals surface area contributed by atoms with Gasteiger partial charge in [0.05, 0.1) is 14.2 Å². The van der Waals surface area contributed by atoms with Gasteiger partial charge in [0.1, 0.15) is 0 Å². The molecule has 0 fully saturated rings. The summed E-state index contributed by atoms with van der Waals surface area (Å²) >= 11 is 0. The van der Waals surface area contributed by atoms with Crippen LogP contribution in [0.15, 0.2) is 0 Å². The Bertz CT molecular complexity index is 509. The molecule has 0 saturated heterocycles. The van der Waals surface area contributed by atoms with Crippen molar-refractivity contribution in [3.63, 3.8) is 0 Å². The Morgan fingerprint density at radius 1 is 0.957 bits per heavy atom. The van der Waals surface area contributed by atoms with E-state index in [4.69, 9.17) is 9.47 Å². The van der Waals surface area contributed by atoms with Crippen molar-refractivity contribution in [2.24, 2.45) is 11.8 Å². The number of aromatic hydroxyl groups is 2. The van der Waals surface area contributed by atoms with E-state index < -0.39 is 0 Å². The van der Waals surface area contributed by atoms with Gasteiger partial charge in [0.25, 0.3) is 0 Å². The lowest BCUT2D eigenvalue weighted by atomic mass is 9.92. The number of ether oxygens (including phenoxy) is 2. The summed E-state index contributed by atoms with van der Waals surface area (Å²) in [5, 5.41) is 20.7. The number of hydrogen-bond acceptors (Lipinski definition) is 4. The second-order valence-corrected chi connectivity index (χ2v) is 6.34. The van der Waals surface area contributed by atoms with Crippen LogP contribution < -0.4 is 9.47 Å². The SMILES string of the molecule is COc1c(O)c(C)c(C[CH-]C(C)CC[CH-]C(C)C)c(O)c1OC. The first-order chi connectivity index (χ1) is 10.8. The maximum absolute atomic E-state index is 10.4. The molecule has 132 valence electrons. The van der Waals surface area contributed by atoms with Crippen molar-refractivity contribution in [3.05, 3.63) is 24.0 Å². The van der Waals surface area contributed by atoms with Crippen LogP contribution in [0.3, 0.4) is 0 Å². The van der Waals surface area contributed by atoms with Crippen molar-refractivity contribution in [2.45, 2.75) is 47.0 Å². The molecule has 4 heteroatoms. The first-order valence-corrected chi connectivity index (χ1v) is 8.15. The molecule has 0 aliphatic heterocycles. The van der Waals surface area contributed by atoms with E-state index in [2.05, 4.69) is 33.6 Å². The highest BCUT2D eigenvalue weighted by molar-refractivity contribution is 5.65. The predicted molar refractivity (Wildman–Crippen MR) is 93.2 cm³/mol. The molecule has 1 rings (SSSR count). The van der Waals surface area contributed by atoms with Gasteiger partial charge in [-0.25, -0.2) is 0 Å². The summed E-state index contributed by atoms with van der Waals surface area (Å²) in [7, 11) is 2.89. The van der Waals surface area contributed by atoms with Crippen LogP contribution in [0.2, 0.25) is 0 Å². The van der Waals surface area contributed by atoms with Crippen molar-refractivity contribution in [3.8, 4) is 23.0 Å². The van der Waals surface area contributed by atoms with Gasteiger partial charge >= 0.3 is 0 Å². The topological polar surface area (TPSA) is 58.9 Å². The van der Waals surface area contributed by atoms with Gasteiger partial charge in [-0.15, -0.1) is 12.8 Å². The minimum absolute atomic E-state index is 0.0198. The third kappa shape index (κ3) is 4.95. The van der Waals surface area contributed by atoms with E-state index >= 15 is 0 Å². The number of benzene rings is 1. The van der Waals surface area contributed by atoms with E-state index in [0.29, 0.717) is 29.4 Å². The molecular weight excluding hydrogens is 292 g/mol. The molecule has 0 aromatic heterocycles. The summed E-state index contributed by atoms with van der Waals surface area (Å²) in [6.45, 7) is 8.31. The Kier molecular flexibility index (Phi) is 7.53. The lowest BCUT2D eigenvalue weighted by Gasteiger charge is -2.27. The van der Waals surface area contributed by atoms with Gasteiger partial charge in [0.2, 0.25) is 11.5 Å². The molecule has 0 amide bonds. The maximum Gasteiger partial charge on any atom is 0.207 e. The Morgan fingerprint density at radius 2 is 1.52 bits per heavy atom. The van der Waals surface area contributed by atoms with Crippen LogP contribution in [-0.2, 0) is 6.42 Å². The van der Waals surface area contributed by atoms with E-state index in [9.17, 15) is 10.2 Å². The van der Waals surface area contributed by atoms with E-state index in [1.54, 1.807) is 6.92 Å². The summed E-state index contributed by atoms with van der Waals surface area (Å²) in [5.74, 6) is 1.45. The molecule has 2 N–H and O–H groups in total. The molecule has 0 aliphatic carbocycles. The molecule has 1 aromatic carbocycles. The highest BCUT2D eigenvalue weighted by atomic mass is 16.5. The third-order valence-corrected chi connectivity index (χ3v) is 4.12. The minimum Gasteiger partial charge on any atom is -0.504 e. The van der Waals surface area contributed by atoms with Crippen LogP contribution in [0, 0.1) is 31.6 Å². The van der Waals surface area contributed by atoms with Gasteiger partial charge in [0, 0.05) is 0 Å². The van der Waals surface area contributed by atoms with Crippen molar-refractivity contribution in [1.82, 2.24) is 0 Å². The van der Waals surface area contributed by atoms with Crippen molar-refractivity contribution < 1.29 is 19.7 Å². The summed E-state index contributed by atoms with van der Waals surface area (Å²) in [6.07, 6.45) is 7.22. The summed E-state index contributed by atoms with van der Waals surface area (Å²) in [5.41, 5.74) is 1.30. The fourth-order valence-electron chi connectivity index (χ4n) is 2.60. The minimum atomic E-state index is 0.0198. The molecule has 0 saturated carbocycles. The molecule has 0 bridgehead atoms. The second-order valence-electron chi connectivity index (χ2n) is 6.34. The van der Waals surface area contributed by atoms with Gasteiger partial charge in [-0.2, -0.15) is 18.3 Å². The second kappa shape index (κ2) is 8.90. The number of hydrogen-bond donors (Lipinski definition) is 2. The molecular formula is C19H30O4-2. The van der Waals surface area contributed by atoms with E-state index in [1.807, 2.05) is 0 Å². The molecule has 0 radical (unpaired) electrons. The predicted octanol–water partition coefficient (Wildman–Crippen LogP) is 4.45. The average molecular weight is 322 g/mol. The summed E-state index contributed by atoms with van der Waals surface area (Å²) in [4.78, 5) is 0. The number of phenols is 2. The number of phenolic OH excluding ortho intramolecular Hbond substituents is 2. The van der Waals surface area contributed by atoms with Gasteiger partial charge in [-0.1, -0.05) is 20.8 Å². The van der Waals surface area contributed by atoms with E-state index in [0.717, 1.165) is 12.8 Å². The fraction of sp³-hybridized carbons (Fsp3) is 0.579. The lowest BCUT2D eigenvalue weighted by molar-refractivity contribution is 0.313. The van der Waals surface area contributed by atoms with E-state index in [1.165, 1.54) is 14.2 Å². The highest BCUT2D eigenvalue weighted by Crippen LogP contribution is 2.48. The summed E-state index contributed by atoms with van der Waals surface area (Å²) < 4.78 is 10.3. The zero-order valence-corrected chi connectivity index (χ0v) is 15.1. The molecule has 0 aliphatic rings. The molecule has 1 aromatic rings. The molecule has 0 heterocycles.